The van der Waals surface area contributed by atoms with Gasteiger partial charge in [0.05, 0.1) is 15.8 Å². The van der Waals surface area contributed by atoms with Crippen LogP contribution in [0.25, 0.3) is 12.2 Å². The van der Waals surface area contributed by atoms with Crippen LogP contribution in [0.5, 0.6) is 5.88 Å². The second kappa shape index (κ2) is 9.59. The zero-order valence-electron chi connectivity index (χ0n) is 17.6. The minimum absolute atomic E-state index is 0.0441. The van der Waals surface area contributed by atoms with Gasteiger partial charge in [0.15, 0.2) is 3.95 Å². The normalized spacial score (nSPS) is 14.4. The number of benzene rings is 1. The van der Waals surface area contributed by atoms with Crippen LogP contribution >= 0.6 is 23.6 Å². The Kier molecular flexibility index (Phi) is 6.76. The summed E-state index contributed by atoms with van der Waals surface area (Å²) in [5.41, 5.74) is 0.0415. The average molecular weight is 509 g/mol. The van der Waals surface area contributed by atoms with Crippen LogP contribution in [-0.2, 0) is 17.5 Å². The molecule has 178 valence electrons. The van der Waals surface area contributed by atoms with Crippen LogP contribution in [-0.4, -0.2) is 20.7 Å². The molecule has 0 saturated heterocycles. The summed E-state index contributed by atoms with van der Waals surface area (Å²) >= 11 is 6.47. The number of rotatable bonds is 7. The number of aromatic nitrogens is 1. The van der Waals surface area contributed by atoms with Gasteiger partial charge in [0, 0.05) is 36.0 Å². The molecule has 0 unspecified atom stereocenters. The summed E-state index contributed by atoms with van der Waals surface area (Å²) in [6.07, 6.45) is 1.96. The monoisotopic (exact) mass is 508 g/mol. The van der Waals surface area contributed by atoms with Gasteiger partial charge in [-0.15, -0.1) is 11.3 Å². The zero-order chi connectivity index (χ0) is 24.5. The molecule has 0 atom stereocenters. The lowest BCUT2D eigenvalue weighted by Gasteiger charge is -2.07. The molecule has 0 radical (unpaired) electrons. The standard InChI is InChI=1S/C23H19F3N2O4S2/c24-23(25,26)16-12-17-13(7-8-27-17)10-15(16)18-6-5-14(32-18)11-19-21(31)28(22(33)34-19)9-3-1-2-4-20(29)30/h5-8,10-12,31H,1-4,9H2,(H,29,30). The maximum absolute atomic E-state index is 13.7. The van der Waals surface area contributed by atoms with Crippen molar-refractivity contribution in [1.29, 1.82) is 0 Å². The highest BCUT2D eigenvalue weighted by atomic mass is 32.1. The van der Waals surface area contributed by atoms with Gasteiger partial charge in [-0.05, 0) is 55.4 Å². The fraction of sp³-hybridized carbons (Fsp3) is 0.261. The van der Waals surface area contributed by atoms with E-state index in [1.807, 2.05) is 0 Å². The maximum Gasteiger partial charge on any atom is 0.417 e. The van der Waals surface area contributed by atoms with Crippen molar-refractivity contribution < 1.29 is 32.6 Å². The summed E-state index contributed by atoms with van der Waals surface area (Å²) < 4.78 is 48.7. The number of unbranched alkanes of at least 4 members (excludes halogenated alkanes) is 2. The number of carboxylic acids is 1. The van der Waals surface area contributed by atoms with Gasteiger partial charge in [-0.25, -0.2) is 0 Å². The van der Waals surface area contributed by atoms with E-state index in [0.717, 1.165) is 17.4 Å². The molecule has 0 fully saturated rings. The van der Waals surface area contributed by atoms with Crippen molar-refractivity contribution >= 4 is 41.7 Å². The highest BCUT2D eigenvalue weighted by Gasteiger charge is 2.32. The lowest BCUT2D eigenvalue weighted by Crippen LogP contribution is -2.13. The second-order valence-corrected chi connectivity index (χ2v) is 9.33. The molecular formula is C23H19F3N2O4S2. The molecular weight excluding hydrogens is 489 g/mol. The van der Waals surface area contributed by atoms with Gasteiger partial charge < -0.3 is 14.6 Å². The number of hydrogen-bond acceptors (Lipinski definition) is 6. The minimum atomic E-state index is -4.58. The number of nitrogens with zero attached hydrogens (tertiary/aromatic N) is 2. The van der Waals surface area contributed by atoms with Gasteiger partial charge in [0.25, 0.3) is 0 Å². The molecule has 1 aliphatic rings. The molecule has 2 N–H and O–H groups in total. The van der Waals surface area contributed by atoms with Gasteiger partial charge in [-0.3, -0.25) is 14.4 Å². The molecule has 34 heavy (non-hydrogen) atoms. The van der Waals surface area contributed by atoms with E-state index < -0.39 is 17.7 Å². The first-order valence-electron chi connectivity index (χ1n) is 10.4. The number of thiazole rings is 1. The van der Waals surface area contributed by atoms with Crippen molar-refractivity contribution in [2.75, 3.05) is 0 Å². The second-order valence-electron chi connectivity index (χ2n) is 7.66. The summed E-state index contributed by atoms with van der Waals surface area (Å²) in [6.45, 7) is 0.431. The fourth-order valence-electron chi connectivity index (χ4n) is 3.62. The summed E-state index contributed by atoms with van der Waals surface area (Å²) in [4.78, 5) is 15.0. The Balaban J connectivity index is 1.69. The summed E-state index contributed by atoms with van der Waals surface area (Å²) in [7, 11) is 0. The predicted octanol–water partition coefficient (Wildman–Crippen LogP) is 4.96. The first kappa shape index (κ1) is 24.0. The number of aliphatic carboxylic acids is 1. The Morgan fingerprint density at radius 2 is 2.03 bits per heavy atom. The molecule has 3 heterocycles. The van der Waals surface area contributed by atoms with Crippen molar-refractivity contribution in [1.82, 2.24) is 4.57 Å². The quantitative estimate of drug-likeness (QED) is 0.348. The number of aromatic hydroxyl groups is 1. The largest absolute Gasteiger partial charge is 0.493 e. The van der Waals surface area contributed by atoms with Crippen molar-refractivity contribution in [3.63, 3.8) is 0 Å². The van der Waals surface area contributed by atoms with Gasteiger partial charge >= 0.3 is 12.1 Å². The van der Waals surface area contributed by atoms with E-state index in [-0.39, 0.29) is 33.7 Å². The summed E-state index contributed by atoms with van der Waals surface area (Å²) in [5, 5.41) is 19.4. The molecule has 0 spiro atoms. The third kappa shape index (κ3) is 5.15. The molecule has 1 aliphatic heterocycles. The van der Waals surface area contributed by atoms with E-state index in [1.165, 1.54) is 30.5 Å². The Bertz CT molecular complexity index is 1550. The van der Waals surface area contributed by atoms with Crippen molar-refractivity contribution in [2.45, 2.75) is 38.4 Å². The van der Waals surface area contributed by atoms with Crippen LogP contribution in [0.3, 0.4) is 0 Å². The SMILES string of the molecule is O=C(O)CCCCCn1c(O)c(C=c2ccc(=c3cc4c(cc3C(F)(F)F)=NC=C4)o2)sc1=S. The van der Waals surface area contributed by atoms with E-state index in [0.29, 0.717) is 40.2 Å². The number of hydrogen-bond donors (Lipinski definition) is 2. The maximum atomic E-state index is 13.7. The zero-order valence-corrected chi connectivity index (χ0v) is 19.3. The number of fused-ring (bicyclic) bond motifs is 1. The number of carboxylic acid groups (broad SMARTS) is 1. The van der Waals surface area contributed by atoms with Crippen LogP contribution in [0.1, 0.15) is 41.7 Å². The topological polar surface area (TPSA) is 88.0 Å². The van der Waals surface area contributed by atoms with Crippen LogP contribution in [0.15, 0.2) is 39.9 Å². The van der Waals surface area contributed by atoms with Crippen molar-refractivity contribution in [3.8, 4) is 5.88 Å². The van der Waals surface area contributed by atoms with E-state index in [1.54, 1.807) is 10.6 Å². The highest BCUT2D eigenvalue weighted by molar-refractivity contribution is 7.73. The molecule has 0 saturated carbocycles. The first-order valence-corrected chi connectivity index (χ1v) is 11.6. The van der Waals surface area contributed by atoms with E-state index in [2.05, 4.69) is 4.99 Å². The van der Waals surface area contributed by atoms with Crippen LogP contribution in [0.4, 0.5) is 13.2 Å². The molecule has 6 nitrogen and oxygen atoms in total. The van der Waals surface area contributed by atoms with Gasteiger partial charge in [0.2, 0.25) is 5.88 Å². The summed E-state index contributed by atoms with van der Waals surface area (Å²) in [6, 6.07) is 5.39. The molecule has 1 aromatic carbocycles. The van der Waals surface area contributed by atoms with E-state index in [9.17, 15) is 23.1 Å². The van der Waals surface area contributed by atoms with Gasteiger partial charge in [0.1, 0.15) is 10.8 Å². The lowest BCUT2D eigenvalue weighted by molar-refractivity contribution is -0.138. The fourth-order valence-corrected chi connectivity index (χ4v) is 4.92. The van der Waals surface area contributed by atoms with Crippen LogP contribution < -0.4 is 10.8 Å². The Hall–Kier alpha value is -3.18. The molecule has 11 heteroatoms. The van der Waals surface area contributed by atoms with E-state index >= 15 is 0 Å². The third-order valence-electron chi connectivity index (χ3n) is 5.27. The first-order chi connectivity index (χ1) is 16.1. The Morgan fingerprint density at radius 3 is 2.76 bits per heavy atom. The average Bonchev–Trinajstić information content (AvgIpc) is 3.47. The molecule has 0 aliphatic carbocycles. The van der Waals surface area contributed by atoms with Crippen LogP contribution in [0, 0.1) is 14.6 Å². The van der Waals surface area contributed by atoms with Gasteiger partial charge in [-0.2, -0.15) is 13.2 Å². The minimum Gasteiger partial charge on any atom is -0.493 e. The number of furan rings is 1. The molecule has 4 rings (SSSR count). The van der Waals surface area contributed by atoms with E-state index in [4.69, 9.17) is 21.7 Å². The Morgan fingerprint density at radius 1 is 1.24 bits per heavy atom. The predicted molar refractivity (Wildman–Crippen MR) is 122 cm³/mol. The van der Waals surface area contributed by atoms with Crippen molar-refractivity contribution in [2.24, 2.45) is 4.99 Å². The molecule has 3 aromatic rings. The molecule has 2 aromatic heterocycles. The number of carbonyl (C=O) groups is 1. The lowest BCUT2D eigenvalue weighted by atomic mass is 10.1. The molecule has 0 amide bonds. The summed E-state index contributed by atoms with van der Waals surface area (Å²) in [5.74, 6) is -0.912. The highest BCUT2D eigenvalue weighted by Crippen LogP contribution is 2.30. The van der Waals surface area contributed by atoms with Crippen LogP contribution in [0.2, 0.25) is 0 Å². The molecule has 0 bridgehead atoms. The van der Waals surface area contributed by atoms with Crippen molar-refractivity contribution in [3.05, 3.63) is 71.8 Å². The Labute approximate surface area is 199 Å². The number of halogens is 3. The third-order valence-corrected chi connectivity index (χ3v) is 6.66. The smallest absolute Gasteiger partial charge is 0.417 e. The van der Waals surface area contributed by atoms with Gasteiger partial charge in [-0.1, -0.05) is 6.42 Å². The number of alkyl halides is 3.